The molecule has 9 heteroatoms. The Morgan fingerprint density at radius 2 is 2.00 bits per heavy atom. The van der Waals surface area contributed by atoms with Crippen LogP contribution in [0.2, 0.25) is 0 Å². The predicted molar refractivity (Wildman–Crippen MR) is 127 cm³/mol. The van der Waals surface area contributed by atoms with Crippen molar-refractivity contribution in [3.63, 3.8) is 0 Å². The number of likely N-dealkylation sites (N-methyl/N-ethyl adjacent to an activating group) is 1. The van der Waals surface area contributed by atoms with E-state index in [1.54, 1.807) is 6.08 Å². The molecule has 2 saturated heterocycles. The summed E-state index contributed by atoms with van der Waals surface area (Å²) < 4.78 is 17.9. The highest BCUT2D eigenvalue weighted by Gasteiger charge is 2.28. The standard InChI is InChI=1S/C24H30N6O3/c1-29-9-5-8-19(15-29)33-23-21-22(27-24(28-23)30-10-12-31-13-11-30)26-18(16-32-21)14-20(25)17-6-3-2-4-7-17/h2-4,6-7,14,19,25H,5,8-13,15-16H2,1H3,(H,26,27,28)/b18-14-,25-20?. The number of piperidine rings is 1. The Hall–Kier alpha value is -3.17. The second-order valence-electron chi connectivity index (χ2n) is 8.61. The molecule has 174 valence electrons. The Bertz CT molecular complexity index is 1020. The lowest BCUT2D eigenvalue weighted by Gasteiger charge is -2.32. The van der Waals surface area contributed by atoms with Gasteiger partial charge in [0.1, 0.15) is 12.7 Å². The topological polar surface area (TPSA) is 95.8 Å². The zero-order chi connectivity index (χ0) is 22.6. The van der Waals surface area contributed by atoms with Gasteiger partial charge in [-0.3, -0.25) is 0 Å². The maximum atomic E-state index is 8.43. The lowest BCUT2D eigenvalue weighted by atomic mass is 10.1. The molecule has 4 heterocycles. The van der Waals surface area contributed by atoms with Gasteiger partial charge in [-0.25, -0.2) is 0 Å². The first-order valence-electron chi connectivity index (χ1n) is 11.5. The lowest BCUT2D eigenvalue weighted by molar-refractivity contribution is 0.0955. The van der Waals surface area contributed by atoms with Gasteiger partial charge in [0, 0.05) is 19.6 Å². The molecule has 9 nitrogen and oxygen atoms in total. The van der Waals surface area contributed by atoms with Gasteiger partial charge in [-0.15, -0.1) is 0 Å². The summed E-state index contributed by atoms with van der Waals surface area (Å²) in [5.41, 5.74) is 2.03. The molecule has 1 unspecified atom stereocenters. The summed E-state index contributed by atoms with van der Waals surface area (Å²) in [5.74, 6) is 2.19. The van der Waals surface area contributed by atoms with Crippen molar-refractivity contribution in [1.29, 1.82) is 5.41 Å². The number of anilines is 2. The molecule has 0 spiro atoms. The van der Waals surface area contributed by atoms with Crippen LogP contribution in [-0.4, -0.2) is 79.7 Å². The second kappa shape index (κ2) is 9.76. The quantitative estimate of drug-likeness (QED) is 0.671. The van der Waals surface area contributed by atoms with Crippen LogP contribution < -0.4 is 19.7 Å². The molecule has 0 bridgehead atoms. The third kappa shape index (κ3) is 5.09. The van der Waals surface area contributed by atoms with Gasteiger partial charge in [0.25, 0.3) is 5.88 Å². The van der Waals surface area contributed by atoms with Crippen LogP contribution in [0.15, 0.2) is 42.1 Å². The Kier molecular flexibility index (Phi) is 6.41. The molecule has 1 aromatic heterocycles. The minimum Gasteiger partial charge on any atom is -0.479 e. The fourth-order valence-corrected chi connectivity index (χ4v) is 4.28. The zero-order valence-corrected chi connectivity index (χ0v) is 18.9. The molecule has 33 heavy (non-hydrogen) atoms. The van der Waals surface area contributed by atoms with Crippen molar-refractivity contribution in [2.45, 2.75) is 18.9 Å². The number of allylic oxidation sites excluding steroid dienone is 1. The number of likely N-dealkylation sites (tertiary alicyclic amines) is 1. The van der Waals surface area contributed by atoms with E-state index in [1.165, 1.54) is 0 Å². The molecule has 2 aromatic rings. The highest BCUT2D eigenvalue weighted by Crippen LogP contribution is 2.39. The maximum Gasteiger partial charge on any atom is 0.264 e. The molecular formula is C24H30N6O3. The van der Waals surface area contributed by atoms with Crippen LogP contribution in [0.1, 0.15) is 18.4 Å². The molecule has 5 rings (SSSR count). The smallest absolute Gasteiger partial charge is 0.264 e. The number of nitrogens with zero attached hydrogens (tertiary/aromatic N) is 4. The summed E-state index contributed by atoms with van der Waals surface area (Å²) >= 11 is 0. The van der Waals surface area contributed by atoms with Crippen molar-refractivity contribution in [2.75, 3.05) is 63.3 Å². The lowest BCUT2D eigenvalue weighted by Crippen LogP contribution is -2.39. The van der Waals surface area contributed by atoms with Crippen molar-refractivity contribution >= 4 is 17.5 Å². The summed E-state index contributed by atoms with van der Waals surface area (Å²) in [7, 11) is 2.11. The van der Waals surface area contributed by atoms with Gasteiger partial charge >= 0.3 is 0 Å². The van der Waals surface area contributed by atoms with Gasteiger partial charge in [0.15, 0.2) is 5.82 Å². The van der Waals surface area contributed by atoms with Gasteiger partial charge in [0.05, 0.1) is 24.6 Å². The van der Waals surface area contributed by atoms with E-state index in [4.69, 9.17) is 29.6 Å². The fraction of sp³-hybridized carbons (Fsp3) is 0.458. The van der Waals surface area contributed by atoms with Crippen molar-refractivity contribution < 1.29 is 14.2 Å². The van der Waals surface area contributed by atoms with Gasteiger partial charge in [-0.05, 0) is 38.1 Å². The summed E-state index contributed by atoms with van der Waals surface area (Å²) in [5, 5.41) is 11.8. The first-order valence-corrected chi connectivity index (χ1v) is 11.5. The second-order valence-corrected chi connectivity index (χ2v) is 8.61. The monoisotopic (exact) mass is 450 g/mol. The number of morpholine rings is 1. The number of fused-ring (bicyclic) bond motifs is 1. The van der Waals surface area contributed by atoms with Gasteiger partial charge < -0.3 is 34.7 Å². The van der Waals surface area contributed by atoms with E-state index in [0.717, 1.165) is 50.3 Å². The molecule has 2 N–H and O–H groups in total. The number of aromatic nitrogens is 2. The highest BCUT2D eigenvalue weighted by molar-refractivity contribution is 6.07. The molecule has 3 aliphatic rings. The fourth-order valence-electron chi connectivity index (χ4n) is 4.28. The van der Waals surface area contributed by atoms with Gasteiger partial charge in [-0.2, -0.15) is 9.97 Å². The van der Waals surface area contributed by atoms with E-state index < -0.39 is 0 Å². The summed E-state index contributed by atoms with van der Waals surface area (Å²) in [6.45, 7) is 4.99. The molecule has 0 amide bonds. The van der Waals surface area contributed by atoms with Gasteiger partial charge in [0.2, 0.25) is 11.7 Å². The molecule has 0 aliphatic carbocycles. The average molecular weight is 451 g/mol. The average Bonchev–Trinajstić information content (AvgIpc) is 2.85. The van der Waals surface area contributed by atoms with Crippen molar-refractivity contribution in [3.05, 3.63) is 47.7 Å². The van der Waals surface area contributed by atoms with E-state index in [0.29, 0.717) is 48.9 Å². The third-order valence-corrected chi connectivity index (χ3v) is 6.03. The molecule has 1 atom stereocenters. The van der Waals surface area contributed by atoms with Crippen LogP contribution >= 0.6 is 0 Å². The molecule has 2 fully saturated rings. The van der Waals surface area contributed by atoms with Crippen LogP contribution in [0.3, 0.4) is 0 Å². The number of benzene rings is 1. The number of hydrogen-bond acceptors (Lipinski definition) is 9. The number of rotatable bonds is 5. The van der Waals surface area contributed by atoms with Crippen molar-refractivity contribution in [3.8, 4) is 11.6 Å². The van der Waals surface area contributed by atoms with Crippen LogP contribution in [0, 0.1) is 5.41 Å². The molecule has 3 aliphatic heterocycles. The van der Waals surface area contributed by atoms with E-state index in [9.17, 15) is 0 Å². The van der Waals surface area contributed by atoms with Crippen LogP contribution in [0.25, 0.3) is 0 Å². The van der Waals surface area contributed by atoms with Crippen molar-refractivity contribution in [2.24, 2.45) is 0 Å². The zero-order valence-electron chi connectivity index (χ0n) is 18.9. The van der Waals surface area contributed by atoms with E-state index >= 15 is 0 Å². The molecule has 0 saturated carbocycles. The SMILES string of the molecule is CN1CCCC(Oc2nc(N3CCOCC3)nc3c2OC/C(=C/C(=N)c2ccccc2)N3)C1. The summed E-state index contributed by atoms with van der Waals surface area (Å²) in [6.07, 6.45) is 3.93. The Morgan fingerprint density at radius 1 is 1.18 bits per heavy atom. The van der Waals surface area contributed by atoms with Crippen LogP contribution in [0.4, 0.5) is 11.8 Å². The minimum atomic E-state index is 0.0621. The Morgan fingerprint density at radius 3 is 2.79 bits per heavy atom. The summed E-state index contributed by atoms with van der Waals surface area (Å²) in [4.78, 5) is 13.9. The molecular weight excluding hydrogens is 420 g/mol. The first kappa shape index (κ1) is 21.7. The van der Waals surface area contributed by atoms with Crippen LogP contribution in [-0.2, 0) is 4.74 Å². The third-order valence-electron chi connectivity index (χ3n) is 6.03. The number of nitrogens with one attached hydrogen (secondary N) is 2. The Labute approximate surface area is 193 Å². The molecule has 0 radical (unpaired) electrons. The number of hydrogen-bond donors (Lipinski definition) is 2. The van der Waals surface area contributed by atoms with Crippen molar-refractivity contribution in [1.82, 2.24) is 14.9 Å². The maximum absolute atomic E-state index is 8.43. The van der Waals surface area contributed by atoms with Crippen LogP contribution in [0.5, 0.6) is 11.6 Å². The van der Waals surface area contributed by atoms with Gasteiger partial charge in [-0.1, -0.05) is 30.3 Å². The number of ether oxygens (including phenoxy) is 3. The highest BCUT2D eigenvalue weighted by atomic mass is 16.5. The molecule has 1 aromatic carbocycles. The van der Waals surface area contributed by atoms with E-state index in [1.807, 2.05) is 30.3 Å². The normalized spacial score (nSPS) is 22.3. The minimum absolute atomic E-state index is 0.0621. The first-order chi connectivity index (χ1) is 16.2. The van der Waals surface area contributed by atoms with E-state index in [-0.39, 0.29) is 6.10 Å². The Balaban J connectivity index is 1.43. The summed E-state index contributed by atoms with van der Waals surface area (Å²) in [6, 6.07) is 9.64. The predicted octanol–water partition coefficient (Wildman–Crippen LogP) is 2.54. The largest absolute Gasteiger partial charge is 0.479 e. The van der Waals surface area contributed by atoms with E-state index in [2.05, 4.69) is 22.2 Å².